The van der Waals surface area contributed by atoms with Gasteiger partial charge in [-0.25, -0.2) is 0 Å². The number of hydrogen-bond donors (Lipinski definition) is 1. The number of nitro benzene ring substituents is 1. The Morgan fingerprint density at radius 2 is 2.11 bits per heavy atom. The average molecular weight is 268 g/mol. The third-order valence-electron chi connectivity index (χ3n) is 2.35. The molecular weight excluding hydrogens is 256 g/mol. The van der Waals surface area contributed by atoms with Crippen molar-refractivity contribution >= 4 is 17.6 Å². The van der Waals surface area contributed by atoms with E-state index >= 15 is 0 Å². The molecule has 1 aromatic rings. The molecule has 0 unspecified atom stereocenters. The highest BCUT2D eigenvalue weighted by atomic mass is 16.6. The first-order valence-electron chi connectivity index (χ1n) is 5.16. The average Bonchev–Trinajstić information content (AvgIpc) is 2.36. The van der Waals surface area contributed by atoms with Gasteiger partial charge in [0.25, 0.3) is 11.6 Å². The van der Waals surface area contributed by atoms with Crippen molar-refractivity contribution in [1.82, 2.24) is 4.90 Å². The molecule has 0 aliphatic rings. The number of benzene rings is 1. The van der Waals surface area contributed by atoms with E-state index in [0.717, 1.165) is 17.0 Å². The lowest BCUT2D eigenvalue weighted by atomic mass is 10.1. The Balaban J connectivity index is 3.09. The molecule has 19 heavy (non-hydrogen) atoms. The summed E-state index contributed by atoms with van der Waals surface area (Å²) < 4.78 is 4.91. The molecule has 0 fully saturated rings. The van der Waals surface area contributed by atoms with Crippen LogP contribution in [-0.2, 0) is 4.79 Å². The van der Waals surface area contributed by atoms with Crippen LogP contribution in [-0.4, -0.2) is 47.5 Å². The number of nitro groups is 1. The summed E-state index contributed by atoms with van der Waals surface area (Å²) in [4.78, 5) is 33.5. The van der Waals surface area contributed by atoms with Gasteiger partial charge >= 0.3 is 5.97 Å². The highest BCUT2D eigenvalue weighted by molar-refractivity contribution is 5.98. The molecule has 0 aliphatic carbocycles. The van der Waals surface area contributed by atoms with E-state index in [4.69, 9.17) is 9.84 Å². The summed E-state index contributed by atoms with van der Waals surface area (Å²) in [5.74, 6) is -1.72. The van der Waals surface area contributed by atoms with Crippen molar-refractivity contribution in [1.29, 1.82) is 0 Å². The number of aliphatic carboxylic acids is 1. The molecule has 0 heterocycles. The summed E-state index contributed by atoms with van der Waals surface area (Å²) in [5, 5.41) is 19.2. The second-order valence-corrected chi connectivity index (χ2v) is 3.70. The number of carboxylic acid groups (broad SMARTS) is 1. The monoisotopic (exact) mass is 268 g/mol. The van der Waals surface area contributed by atoms with Gasteiger partial charge in [0.2, 0.25) is 0 Å². The van der Waals surface area contributed by atoms with Gasteiger partial charge in [-0.2, -0.15) is 0 Å². The van der Waals surface area contributed by atoms with E-state index in [1.807, 2.05) is 0 Å². The molecule has 0 saturated carbocycles. The number of carbonyl (C=O) groups excluding carboxylic acids is 1. The molecule has 0 radical (unpaired) electrons. The lowest BCUT2D eigenvalue weighted by Gasteiger charge is -2.16. The van der Waals surface area contributed by atoms with Crippen LogP contribution in [0, 0.1) is 10.1 Å². The highest BCUT2D eigenvalue weighted by Gasteiger charge is 2.20. The summed E-state index contributed by atoms with van der Waals surface area (Å²) in [6, 6.07) is 3.50. The second-order valence-electron chi connectivity index (χ2n) is 3.70. The maximum absolute atomic E-state index is 12.0. The van der Waals surface area contributed by atoms with Gasteiger partial charge in [0.05, 0.1) is 23.7 Å². The van der Waals surface area contributed by atoms with Crippen molar-refractivity contribution in [2.75, 3.05) is 20.7 Å². The van der Waals surface area contributed by atoms with Crippen molar-refractivity contribution in [3.8, 4) is 5.75 Å². The zero-order chi connectivity index (χ0) is 14.6. The summed E-state index contributed by atoms with van der Waals surface area (Å²) >= 11 is 0. The molecule has 1 rings (SSSR count). The number of methoxy groups -OCH3 is 1. The summed E-state index contributed by atoms with van der Waals surface area (Å²) in [5.41, 5.74) is -0.147. The minimum atomic E-state index is -1.16. The molecule has 8 heteroatoms. The molecule has 102 valence electrons. The number of carboxylic acids is 1. The van der Waals surface area contributed by atoms with Crippen LogP contribution >= 0.6 is 0 Å². The normalized spacial score (nSPS) is 9.79. The van der Waals surface area contributed by atoms with Crippen molar-refractivity contribution in [3.63, 3.8) is 0 Å². The maximum Gasteiger partial charge on any atom is 0.323 e. The van der Waals surface area contributed by atoms with Crippen LogP contribution in [0.3, 0.4) is 0 Å². The number of nitrogens with zero attached hydrogens (tertiary/aromatic N) is 2. The third kappa shape index (κ3) is 3.41. The third-order valence-corrected chi connectivity index (χ3v) is 2.35. The summed E-state index contributed by atoms with van der Waals surface area (Å²) in [6.07, 6.45) is 0. The molecular formula is C11H12N2O6. The number of non-ortho nitro benzene ring substituents is 1. The van der Waals surface area contributed by atoms with Gasteiger partial charge in [-0.1, -0.05) is 0 Å². The van der Waals surface area contributed by atoms with Crippen LogP contribution < -0.4 is 4.74 Å². The lowest BCUT2D eigenvalue weighted by Crippen LogP contribution is -2.32. The molecule has 0 saturated heterocycles. The fraction of sp³-hybridized carbons (Fsp3) is 0.273. The molecule has 0 spiro atoms. The second kappa shape index (κ2) is 5.80. The first-order chi connectivity index (χ1) is 8.86. The Bertz CT molecular complexity index is 528. The molecule has 0 aliphatic heterocycles. The van der Waals surface area contributed by atoms with Gasteiger partial charge in [-0.3, -0.25) is 19.7 Å². The Hall–Kier alpha value is -2.64. The van der Waals surface area contributed by atoms with Crippen molar-refractivity contribution in [2.45, 2.75) is 0 Å². The molecule has 0 aromatic heterocycles. The van der Waals surface area contributed by atoms with E-state index in [1.165, 1.54) is 20.2 Å². The van der Waals surface area contributed by atoms with Gasteiger partial charge in [-0.05, 0) is 6.07 Å². The standard InChI is InChI=1S/C11H12N2O6/c1-12(6-10(14)15)11(16)8-4-3-7(13(17)18)5-9(8)19-2/h3-5H,6H2,1-2H3,(H,14,15). The minimum Gasteiger partial charge on any atom is -0.496 e. The van der Waals surface area contributed by atoms with E-state index in [2.05, 4.69) is 0 Å². The van der Waals surface area contributed by atoms with Crippen LogP contribution in [0.4, 0.5) is 5.69 Å². The van der Waals surface area contributed by atoms with Crippen molar-refractivity contribution in [3.05, 3.63) is 33.9 Å². The van der Waals surface area contributed by atoms with Crippen LogP contribution in [0.5, 0.6) is 5.75 Å². The van der Waals surface area contributed by atoms with Crippen LogP contribution in [0.15, 0.2) is 18.2 Å². The van der Waals surface area contributed by atoms with E-state index < -0.39 is 23.3 Å². The van der Waals surface area contributed by atoms with Gasteiger partial charge in [-0.15, -0.1) is 0 Å². The highest BCUT2D eigenvalue weighted by Crippen LogP contribution is 2.25. The fourth-order valence-electron chi connectivity index (χ4n) is 1.45. The van der Waals surface area contributed by atoms with Crippen molar-refractivity contribution in [2.24, 2.45) is 0 Å². The number of amides is 1. The zero-order valence-electron chi connectivity index (χ0n) is 10.3. The van der Waals surface area contributed by atoms with Gasteiger partial charge in [0.1, 0.15) is 12.3 Å². The quantitative estimate of drug-likeness (QED) is 0.623. The summed E-state index contributed by atoms with van der Waals surface area (Å²) in [7, 11) is 2.59. The first kappa shape index (κ1) is 14.4. The molecule has 8 nitrogen and oxygen atoms in total. The van der Waals surface area contributed by atoms with Crippen molar-refractivity contribution < 1.29 is 24.4 Å². The van der Waals surface area contributed by atoms with Gasteiger partial charge in [0.15, 0.2) is 0 Å². The maximum atomic E-state index is 12.0. The van der Waals surface area contributed by atoms with Crippen LogP contribution in [0.25, 0.3) is 0 Å². The molecule has 1 aromatic carbocycles. The Kier molecular flexibility index (Phi) is 4.41. The molecule has 0 atom stereocenters. The predicted octanol–water partition coefficient (Wildman–Crippen LogP) is 0.760. The molecule has 0 bridgehead atoms. The largest absolute Gasteiger partial charge is 0.496 e. The number of rotatable bonds is 5. The van der Waals surface area contributed by atoms with Crippen LogP contribution in [0.2, 0.25) is 0 Å². The molecule has 1 N–H and O–H groups in total. The van der Waals surface area contributed by atoms with Crippen LogP contribution in [0.1, 0.15) is 10.4 Å². The van der Waals surface area contributed by atoms with E-state index in [1.54, 1.807) is 0 Å². The Labute approximate surface area is 108 Å². The summed E-state index contributed by atoms with van der Waals surface area (Å²) in [6.45, 7) is -0.473. The Morgan fingerprint density at radius 1 is 1.47 bits per heavy atom. The minimum absolute atomic E-state index is 0.0245. The number of carbonyl (C=O) groups is 2. The number of hydrogen-bond acceptors (Lipinski definition) is 5. The number of ether oxygens (including phenoxy) is 1. The smallest absolute Gasteiger partial charge is 0.323 e. The number of likely N-dealkylation sites (N-methyl/N-ethyl adjacent to an activating group) is 1. The molecule has 1 amide bonds. The van der Waals surface area contributed by atoms with Gasteiger partial charge in [0, 0.05) is 13.1 Å². The topological polar surface area (TPSA) is 110 Å². The zero-order valence-corrected chi connectivity index (χ0v) is 10.3. The lowest BCUT2D eigenvalue weighted by molar-refractivity contribution is -0.384. The first-order valence-corrected chi connectivity index (χ1v) is 5.16. The SMILES string of the molecule is COc1cc([N+](=O)[O-])ccc1C(=O)N(C)CC(=O)O. The Morgan fingerprint density at radius 3 is 2.58 bits per heavy atom. The van der Waals surface area contributed by atoms with E-state index in [0.29, 0.717) is 0 Å². The van der Waals surface area contributed by atoms with Gasteiger partial charge < -0.3 is 14.7 Å². The predicted molar refractivity (Wildman–Crippen MR) is 64.2 cm³/mol. The van der Waals surface area contributed by atoms with E-state index in [-0.39, 0.29) is 17.0 Å². The van der Waals surface area contributed by atoms with E-state index in [9.17, 15) is 19.7 Å². The fourth-order valence-corrected chi connectivity index (χ4v) is 1.45.